The van der Waals surface area contributed by atoms with E-state index in [1.807, 2.05) is 52.9 Å². The number of nitrogens with zero attached hydrogens (tertiary/aromatic N) is 5. The minimum Gasteiger partial charge on any atom is -0.494 e. The van der Waals surface area contributed by atoms with Gasteiger partial charge in [0.05, 0.1) is 37.2 Å². The van der Waals surface area contributed by atoms with Crippen molar-refractivity contribution in [1.29, 1.82) is 5.26 Å². The highest BCUT2D eigenvalue weighted by Gasteiger charge is 2.44. The molecule has 0 saturated heterocycles. The summed E-state index contributed by atoms with van der Waals surface area (Å²) in [5, 5.41) is 16.6. The largest absolute Gasteiger partial charge is 0.494 e. The van der Waals surface area contributed by atoms with Gasteiger partial charge in [-0.1, -0.05) is 32.9 Å². The molecule has 13 heteroatoms. The van der Waals surface area contributed by atoms with Crippen molar-refractivity contribution in [3.8, 4) is 34.6 Å². The van der Waals surface area contributed by atoms with Crippen molar-refractivity contribution in [2.75, 3.05) is 14.2 Å². The van der Waals surface area contributed by atoms with Gasteiger partial charge in [-0.05, 0) is 67.9 Å². The Kier molecular flexibility index (Phi) is 10.1. The van der Waals surface area contributed by atoms with Crippen LogP contribution in [-0.2, 0) is 20.0 Å². The summed E-state index contributed by atoms with van der Waals surface area (Å²) < 4.78 is 63.9. The second-order valence-corrected chi connectivity index (χ2v) is 19.8. The first-order chi connectivity index (χ1) is 21.5. The standard InChI is InChI=1S/C33H40FN5O5SSi/c1-21-15-24(19-36-18-21)32-38-37-29(39(32)30-27(42-6)11-10-12-28(30)43-7)20-45(40,41)22(2)31(44-46(8,9)33(3,4)5)25-14-13-23(17-35)16-26(25)34/h10-16,18-19,22,31H,20H2,1-9H3/t22-,31-/m1/s1. The van der Waals surface area contributed by atoms with Crippen molar-refractivity contribution in [2.24, 2.45) is 0 Å². The van der Waals surface area contributed by atoms with Gasteiger partial charge in [0.25, 0.3) is 0 Å². The first-order valence-electron chi connectivity index (χ1n) is 14.7. The van der Waals surface area contributed by atoms with E-state index in [1.165, 1.54) is 33.3 Å². The molecule has 46 heavy (non-hydrogen) atoms. The third kappa shape index (κ3) is 6.99. The number of benzene rings is 2. The van der Waals surface area contributed by atoms with E-state index in [0.29, 0.717) is 28.6 Å². The van der Waals surface area contributed by atoms with Crippen LogP contribution in [0.1, 0.15) is 56.3 Å². The number of aryl methyl sites for hydroxylation is 1. The Morgan fingerprint density at radius 3 is 2.24 bits per heavy atom. The van der Waals surface area contributed by atoms with Crippen molar-refractivity contribution >= 4 is 18.2 Å². The lowest BCUT2D eigenvalue weighted by Crippen LogP contribution is -2.45. The molecule has 2 aromatic carbocycles. The zero-order valence-electron chi connectivity index (χ0n) is 27.6. The van der Waals surface area contributed by atoms with Gasteiger partial charge in [-0.2, -0.15) is 5.26 Å². The summed E-state index contributed by atoms with van der Waals surface area (Å²) in [5.74, 6) is -0.0165. The summed E-state index contributed by atoms with van der Waals surface area (Å²) in [5.41, 5.74) is 2.09. The molecule has 0 bridgehead atoms. The predicted octanol–water partition coefficient (Wildman–Crippen LogP) is 6.73. The lowest BCUT2D eigenvalue weighted by Gasteiger charge is -2.41. The van der Waals surface area contributed by atoms with Crippen molar-refractivity contribution in [3.05, 3.63) is 83.2 Å². The zero-order chi connectivity index (χ0) is 34.0. The van der Waals surface area contributed by atoms with Gasteiger partial charge >= 0.3 is 0 Å². The number of rotatable bonds is 11. The third-order valence-electron chi connectivity index (χ3n) is 8.48. The van der Waals surface area contributed by atoms with Gasteiger partial charge in [-0.3, -0.25) is 9.55 Å². The molecule has 2 atom stereocenters. The topological polar surface area (TPSA) is 129 Å². The Balaban J connectivity index is 1.89. The summed E-state index contributed by atoms with van der Waals surface area (Å²) in [6, 6.07) is 13.0. The maximum absolute atomic E-state index is 15.5. The fraction of sp³-hybridized carbons (Fsp3) is 0.394. The molecule has 0 aliphatic carbocycles. The average molecular weight is 666 g/mol. The van der Waals surface area contributed by atoms with E-state index < -0.39 is 41.1 Å². The Bertz CT molecular complexity index is 1860. The highest BCUT2D eigenvalue weighted by Crippen LogP contribution is 2.43. The molecular formula is C33H40FN5O5SSi. The number of para-hydroxylation sites is 1. The second-order valence-electron chi connectivity index (χ2n) is 12.7. The molecule has 0 fully saturated rings. The molecule has 2 aromatic heterocycles. The number of methoxy groups -OCH3 is 2. The van der Waals surface area contributed by atoms with Crippen LogP contribution in [0.25, 0.3) is 17.1 Å². The van der Waals surface area contributed by atoms with Crippen LogP contribution in [0.15, 0.2) is 54.9 Å². The normalized spacial score (nSPS) is 13.6. The van der Waals surface area contributed by atoms with Gasteiger partial charge in [0.15, 0.2) is 29.8 Å². The first kappa shape index (κ1) is 34.7. The molecule has 0 aliphatic rings. The van der Waals surface area contributed by atoms with Gasteiger partial charge in [0, 0.05) is 23.5 Å². The summed E-state index contributed by atoms with van der Waals surface area (Å²) >= 11 is 0. The predicted molar refractivity (Wildman–Crippen MR) is 177 cm³/mol. The second kappa shape index (κ2) is 13.3. The van der Waals surface area contributed by atoms with Crippen LogP contribution in [-0.4, -0.2) is 56.0 Å². The summed E-state index contributed by atoms with van der Waals surface area (Å²) in [4.78, 5) is 4.29. The van der Waals surface area contributed by atoms with Crippen LogP contribution in [0.5, 0.6) is 11.5 Å². The molecule has 0 amide bonds. The van der Waals surface area contributed by atoms with Crippen LogP contribution >= 0.6 is 0 Å². The molecule has 0 radical (unpaired) electrons. The molecule has 10 nitrogen and oxygen atoms in total. The molecule has 2 heterocycles. The smallest absolute Gasteiger partial charge is 0.192 e. The Morgan fingerprint density at radius 1 is 1.04 bits per heavy atom. The van der Waals surface area contributed by atoms with Crippen LogP contribution in [0.3, 0.4) is 0 Å². The van der Waals surface area contributed by atoms with E-state index in [-0.39, 0.29) is 22.0 Å². The summed E-state index contributed by atoms with van der Waals surface area (Å²) in [7, 11) is -3.74. The molecule has 0 saturated carbocycles. The Morgan fingerprint density at radius 2 is 1.70 bits per heavy atom. The number of ether oxygens (including phenoxy) is 2. The lowest BCUT2D eigenvalue weighted by atomic mass is 10.0. The van der Waals surface area contributed by atoms with Crippen LogP contribution in [0, 0.1) is 24.1 Å². The van der Waals surface area contributed by atoms with Gasteiger partial charge in [-0.25, -0.2) is 12.8 Å². The van der Waals surface area contributed by atoms with Crippen molar-refractivity contribution in [1.82, 2.24) is 19.7 Å². The molecule has 0 unspecified atom stereocenters. The van der Waals surface area contributed by atoms with E-state index in [4.69, 9.17) is 13.9 Å². The maximum atomic E-state index is 15.5. The number of nitriles is 1. The van der Waals surface area contributed by atoms with E-state index in [1.54, 1.807) is 35.2 Å². The molecule has 0 spiro atoms. The number of hydrogen-bond acceptors (Lipinski definition) is 9. The molecule has 4 aromatic rings. The van der Waals surface area contributed by atoms with Crippen molar-refractivity contribution in [2.45, 2.75) is 69.9 Å². The van der Waals surface area contributed by atoms with Crippen molar-refractivity contribution in [3.63, 3.8) is 0 Å². The quantitative estimate of drug-likeness (QED) is 0.160. The van der Waals surface area contributed by atoms with Crippen LogP contribution < -0.4 is 9.47 Å². The Hall–Kier alpha value is -4.12. The number of halogens is 1. The fourth-order valence-corrected chi connectivity index (χ4v) is 7.60. The molecule has 0 N–H and O–H groups in total. The van der Waals surface area contributed by atoms with E-state index in [0.717, 1.165) is 11.6 Å². The average Bonchev–Trinajstić information content (AvgIpc) is 3.40. The van der Waals surface area contributed by atoms with Crippen LogP contribution in [0.2, 0.25) is 18.1 Å². The van der Waals surface area contributed by atoms with Gasteiger partial charge in [0.2, 0.25) is 0 Å². The molecule has 4 rings (SSSR count). The van der Waals surface area contributed by atoms with Gasteiger partial charge < -0.3 is 13.9 Å². The van der Waals surface area contributed by atoms with Gasteiger partial charge in [-0.15, -0.1) is 10.2 Å². The van der Waals surface area contributed by atoms with E-state index >= 15 is 4.39 Å². The SMILES string of the molecule is COc1cccc(OC)c1-n1c(CS(=O)(=O)[C@H](C)[C@@H](O[Si](C)(C)C(C)(C)C)c2ccc(C#N)cc2F)nnc1-c1cncc(C)c1. The highest BCUT2D eigenvalue weighted by molar-refractivity contribution is 7.91. The number of hydrogen-bond donors (Lipinski definition) is 0. The highest BCUT2D eigenvalue weighted by atomic mass is 32.2. The monoisotopic (exact) mass is 665 g/mol. The van der Waals surface area contributed by atoms with Crippen LogP contribution in [0.4, 0.5) is 4.39 Å². The lowest BCUT2D eigenvalue weighted by molar-refractivity contribution is 0.177. The van der Waals surface area contributed by atoms with E-state index in [2.05, 4.69) is 15.2 Å². The fourth-order valence-electron chi connectivity index (χ4n) is 4.79. The van der Waals surface area contributed by atoms with Gasteiger partial charge in [0.1, 0.15) is 28.8 Å². The number of aromatic nitrogens is 4. The number of pyridine rings is 1. The first-order valence-corrected chi connectivity index (χ1v) is 19.3. The zero-order valence-corrected chi connectivity index (χ0v) is 29.4. The minimum atomic E-state index is -4.11. The molecule has 0 aliphatic heterocycles. The number of sulfone groups is 1. The summed E-state index contributed by atoms with van der Waals surface area (Å²) in [6.45, 7) is 13.4. The molecule has 244 valence electrons. The third-order valence-corrected chi connectivity index (χ3v) is 15.0. The maximum Gasteiger partial charge on any atom is 0.192 e. The molecular weight excluding hydrogens is 626 g/mol. The van der Waals surface area contributed by atoms with E-state index in [9.17, 15) is 13.7 Å². The minimum absolute atomic E-state index is 0.0688. The van der Waals surface area contributed by atoms with Crippen molar-refractivity contribution < 1.29 is 26.7 Å². The Labute approximate surface area is 271 Å². The summed E-state index contributed by atoms with van der Waals surface area (Å²) in [6.07, 6.45) is 2.16.